The van der Waals surface area contributed by atoms with E-state index in [0.29, 0.717) is 30.2 Å². The Morgan fingerprint density at radius 2 is 2.12 bits per heavy atom. The van der Waals surface area contributed by atoms with Crippen molar-refractivity contribution in [2.45, 2.75) is 25.8 Å². The molecule has 134 valence electrons. The molecule has 1 aliphatic heterocycles. The van der Waals surface area contributed by atoms with Crippen molar-refractivity contribution >= 4 is 11.7 Å². The van der Waals surface area contributed by atoms with Crippen molar-refractivity contribution < 1.29 is 14.3 Å². The van der Waals surface area contributed by atoms with Gasteiger partial charge in [-0.05, 0) is 37.6 Å². The van der Waals surface area contributed by atoms with Gasteiger partial charge in [-0.15, -0.1) is 0 Å². The molecule has 25 heavy (non-hydrogen) atoms. The highest BCUT2D eigenvalue weighted by Crippen LogP contribution is 2.28. The van der Waals surface area contributed by atoms with Crippen LogP contribution in [-0.4, -0.2) is 48.8 Å². The normalized spacial score (nSPS) is 14.0. The largest absolute Gasteiger partial charge is 0.493 e. The minimum atomic E-state index is -0.0389. The molecule has 0 spiro atoms. The van der Waals surface area contributed by atoms with E-state index in [1.165, 1.54) is 0 Å². The number of carbonyl (C=O) groups is 1. The molecule has 1 aromatic heterocycles. The topological polar surface area (TPSA) is 79.5 Å². The molecule has 0 bridgehead atoms. The Morgan fingerprint density at radius 3 is 2.88 bits per heavy atom. The molecule has 1 amide bonds. The number of hydrogen-bond donors (Lipinski definition) is 2. The number of aryl methyl sites for hydroxylation is 1. The summed E-state index contributed by atoms with van der Waals surface area (Å²) >= 11 is 0. The summed E-state index contributed by atoms with van der Waals surface area (Å²) in [5.74, 6) is 1.98. The smallest absolute Gasteiger partial charge is 0.225 e. The molecule has 1 aromatic carbocycles. The van der Waals surface area contributed by atoms with Gasteiger partial charge in [-0.1, -0.05) is 6.07 Å². The van der Waals surface area contributed by atoms with Crippen molar-refractivity contribution in [1.29, 1.82) is 0 Å². The van der Waals surface area contributed by atoms with Crippen molar-refractivity contribution in [2.24, 2.45) is 0 Å². The average Bonchev–Trinajstić information content (AvgIpc) is 3.01. The van der Waals surface area contributed by atoms with Gasteiger partial charge in [0.15, 0.2) is 17.3 Å². The molecule has 1 aliphatic rings. The number of H-pyrrole nitrogens is 1. The molecule has 2 N–H and O–H groups in total. The fourth-order valence-corrected chi connectivity index (χ4v) is 3.04. The fourth-order valence-electron chi connectivity index (χ4n) is 3.04. The lowest BCUT2D eigenvalue weighted by molar-refractivity contribution is -0.116. The average molecular weight is 344 g/mol. The second-order valence-corrected chi connectivity index (χ2v) is 6.25. The molecule has 0 aliphatic carbocycles. The Balaban J connectivity index is 1.59. The predicted molar refractivity (Wildman–Crippen MR) is 95.1 cm³/mol. The summed E-state index contributed by atoms with van der Waals surface area (Å²) in [5.41, 5.74) is 3.24. The third-order valence-electron chi connectivity index (χ3n) is 4.47. The van der Waals surface area contributed by atoms with Crippen LogP contribution in [0.4, 0.5) is 5.82 Å². The number of carbonyl (C=O) groups excluding carboxylic acids is 1. The SMILES string of the molecule is COc1ccc(CCC(=O)Nc2n[nH]c3c2CCN(C)C3)cc1OC. The number of anilines is 1. The number of aromatic amines is 1. The van der Waals surface area contributed by atoms with Crippen molar-refractivity contribution in [3.8, 4) is 11.5 Å². The van der Waals surface area contributed by atoms with E-state index in [9.17, 15) is 4.79 Å². The first-order valence-electron chi connectivity index (χ1n) is 8.36. The fraction of sp³-hybridized carbons (Fsp3) is 0.444. The van der Waals surface area contributed by atoms with Crippen LogP contribution in [0.2, 0.25) is 0 Å². The van der Waals surface area contributed by atoms with Crippen LogP contribution >= 0.6 is 0 Å². The number of ether oxygens (including phenoxy) is 2. The first kappa shape index (κ1) is 17.3. The zero-order valence-corrected chi connectivity index (χ0v) is 14.9. The highest BCUT2D eigenvalue weighted by molar-refractivity contribution is 5.90. The standard InChI is InChI=1S/C18H24N4O3/c1-22-9-8-13-14(11-22)20-21-18(13)19-17(23)7-5-12-4-6-15(24-2)16(10-12)25-3/h4,6,10H,5,7-9,11H2,1-3H3,(H2,19,20,21,23). The quantitative estimate of drug-likeness (QED) is 0.838. The minimum Gasteiger partial charge on any atom is -0.493 e. The number of nitrogens with zero attached hydrogens (tertiary/aromatic N) is 2. The highest BCUT2D eigenvalue weighted by Gasteiger charge is 2.20. The number of methoxy groups -OCH3 is 2. The van der Waals surface area contributed by atoms with Crippen LogP contribution in [0, 0.1) is 0 Å². The van der Waals surface area contributed by atoms with E-state index in [0.717, 1.165) is 36.3 Å². The molecule has 3 rings (SSSR count). The maximum atomic E-state index is 12.3. The van der Waals surface area contributed by atoms with E-state index in [1.807, 2.05) is 18.2 Å². The van der Waals surface area contributed by atoms with Crippen molar-refractivity contribution in [3.05, 3.63) is 35.0 Å². The number of nitrogens with one attached hydrogen (secondary N) is 2. The Hall–Kier alpha value is -2.54. The van der Waals surface area contributed by atoms with Gasteiger partial charge in [0.05, 0.1) is 19.9 Å². The Morgan fingerprint density at radius 1 is 1.32 bits per heavy atom. The predicted octanol–water partition coefficient (Wildman–Crippen LogP) is 1.99. The minimum absolute atomic E-state index is 0.0389. The van der Waals surface area contributed by atoms with Gasteiger partial charge < -0.3 is 19.7 Å². The number of amides is 1. The zero-order chi connectivity index (χ0) is 17.8. The number of rotatable bonds is 6. The second-order valence-electron chi connectivity index (χ2n) is 6.25. The molecule has 0 fully saturated rings. The highest BCUT2D eigenvalue weighted by atomic mass is 16.5. The summed E-state index contributed by atoms with van der Waals surface area (Å²) in [4.78, 5) is 14.5. The van der Waals surface area contributed by atoms with Crippen molar-refractivity contribution in [1.82, 2.24) is 15.1 Å². The first-order valence-corrected chi connectivity index (χ1v) is 8.36. The number of benzene rings is 1. The summed E-state index contributed by atoms with van der Waals surface area (Å²) in [7, 11) is 5.28. The molecule has 0 saturated carbocycles. The van der Waals surface area contributed by atoms with Crippen LogP contribution in [0.1, 0.15) is 23.2 Å². The van der Waals surface area contributed by atoms with Crippen LogP contribution in [0.15, 0.2) is 18.2 Å². The molecule has 2 heterocycles. The molecule has 0 saturated heterocycles. The van der Waals surface area contributed by atoms with E-state index in [1.54, 1.807) is 14.2 Å². The Kier molecular flexibility index (Phi) is 5.23. The molecule has 2 aromatic rings. The summed E-state index contributed by atoms with van der Waals surface area (Å²) < 4.78 is 10.5. The summed E-state index contributed by atoms with van der Waals surface area (Å²) in [6.07, 6.45) is 1.91. The lowest BCUT2D eigenvalue weighted by Crippen LogP contribution is -2.26. The second kappa shape index (κ2) is 7.57. The van der Waals surface area contributed by atoms with E-state index < -0.39 is 0 Å². The molecule has 0 atom stereocenters. The molecule has 0 unspecified atom stereocenters. The molecular weight excluding hydrogens is 320 g/mol. The maximum Gasteiger partial charge on any atom is 0.225 e. The number of likely N-dealkylation sites (N-methyl/N-ethyl adjacent to an activating group) is 1. The van der Waals surface area contributed by atoms with Gasteiger partial charge in [0.25, 0.3) is 0 Å². The molecule has 0 radical (unpaired) electrons. The monoisotopic (exact) mass is 344 g/mol. The van der Waals surface area contributed by atoms with Gasteiger partial charge >= 0.3 is 0 Å². The maximum absolute atomic E-state index is 12.3. The van der Waals surface area contributed by atoms with Gasteiger partial charge in [0.2, 0.25) is 5.91 Å². The Labute approximate surface area is 147 Å². The lowest BCUT2D eigenvalue weighted by Gasteiger charge is -2.21. The van der Waals surface area contributed by atoms with Crippen LogP contribution in [0.5, 0.6) is 11.5 Å². The van der Waals surface area contributed by atoms with Crippen LogP contribution < -0.4 is 14.8 Å². The van der Waals surface area contributed by atoms with Crippen LogP contribution in [0.3, 0.4) is 0 Å². The van der Waals surface area contributed by atoms with E-state index >= 15 is 0 Å². The lowest BCUT2D eigenvalue weighted by atomic mass is 10.1. The number of hydrogen-bond acceptors (Lipinski definition) is 5. The Bertz CT molecular complexity index is 757. The number of aromatic nitrogens is 2. The number of fused-ring (bicyclic) bond motifs is 1. The molecular formula is C18H24N4O3. The van der Waals surface area contributed by atoms with Crippen LogP contribution in [0.25, 0.3) is 0 Å². The summed E-state index contributed by atoms with van der Waals surface area (Å²) in [6.45, 7) is 1.81. The third-order valence-corrected chi connectivity index (χ3v) is 4.47. The van der Waals surface area contributed by atoms with Gasteiger partial charge in [0, 0.05) is 25.1 Å². The van der Waals surface area contributed by atoms with E-state index in [2.05, 4.69) is 27.5 Å². The van der Waals surface area contributed by atoms with Crippen molar-refractivity contribution in [2.75, 3.05) is 33.1 Å². The molecule has 7 nitrogen and oxygen atoms in total. The van der Waals surface area contributed by atoms with Gasteiger partial charge in [-0.2, -0.15) is 5.10 Å². The third kappa shape index (κ3) is 3.93. The molecule has 7 heteroatoms. The van der Waals surface area contributed by atoms with Crippen LogP contribution in [-0.2, 0) is 24.2 Å². The van der Waals surface area contributed by atoms with E-state index in [4.69, 9.17) is 9.47 Å². The van der Waals surface area contributed by atoms with Gasteiger partial charge in [0.1, 0.15) is 0 Å². The van der Waals surface area contributed by atoms with Gasteiger partial charge in [-0.3, -0.25) is 9.89 Å². The zero-order valence-electron chi connectivity index (χ0n) is 14.9. The van der Waals surface area contributed by atoms with Gasteiger partial charge in [-0.25, -0.2) is 0 Å². The first-order chi connectivity index (χ1) is 12.1. The van der Waals surface area contributed by atoms with Crippen molar-refractivity contribution in [3.63, 3.8) is 0 Å². The summed E-state index contributed by atoms with van der Waals surface area (Å²) in [6, 6.07) is 5.70. The summed E-state index contributed by atoms with van der Waals surface area (Å²) in [5, 5.41) is 10.2. The van der Waals surface area contributed by atoms with E-state index in [-0.39, 0.29) is 5.91 Å².